The van der Waals surface area contributed by atoms with E-state index in [1.165, 1.54) is 6.08 Å². The zero-order valence-electron chi connectivity index (χ0n) is 11.1. The Morgan fingerprint density at radius 1 is 1.15 bits per heavy atom. The highest BCUT2D eigenvalue weighted by Gasteiger charge is 2.50. The summed E-state index contributed by atoms with van der Waals surface area (Å²) < 4.78 is 0. The van der Waals surface area contributed by atoms with Gasteiger partial charge < -0.3 is 5.11 Å². The van der Waals surface area contributed by atoms with Gasteiger partial charge >= 0.3 is 0 Å². The summed E-state index contributed by atoms with van der Waals surface area (Å²) in [5.74, 6) is -1.17. The number of hydrogen-bond donors (Lipinski definition) is 1. The number of imide groups is 1. The largest absolute Gasteiger partial charge is 0.366 e. The molecule has 0 radical (unpaired) electrons. The van der Waals surface area contributed by atoms with Gasteiger partial charge in [-0.05, 0) is 24.6 Å². The maximum absolute atomic E-state index is 12.5. The van der Waals surface area contributed by atoms with E-state index in [1.54, 1.807) is 30.3 Å². The molecule has 0 bridgehead atoms. The third-order valence-electron chi connectivity index (χ3n) is 3.93. The Morgan fingerprint density at radius 2 is 1.75 bits per heavy atom. The third-order valence-corrected chi connectivity index (χ3v) is 3.93. The molecule has 1 unspecified atom stereocenters. The molecule has 20 heavy (non-hydrogen) atoms. The first-order valence-electron chi connectivity index (χ1n) is 6.66. The Kier molecular flexibility index (Phi) is 2.83. The van der Waals surface area contributed by atoms with E-state index in [9.17, 15) is 14.7 Å². The maximum Gasteiger partial charge on any atom is 0.264 e. The molecule has 3 rings (SSSR count). The Balaban J connectivity index is 2.09. The van der Waals surface area contributed by atoms with Crippen LogP contribution in [-0.2, 0) is 0 Å². The van der Waals surface area contributed by atoms with E-state index in [1.807, 2.05) is 19.1 Å². The summed E-state index contributed by atoms with van der Waals surface area (Å²) in [7, 11) is 0. The Morgan fingerprint density at radius 3 is 2.30 bits per heavy atom. The number of fused-ring (bicyclic) bond motifs is 1. The van der Waals surface area contributed by atoms with Crippen molar-refractivity contribution in [2.45, 2.75) is 19.1 Å². The van der Waals surface area contributed by atoms with Crippen LogP contribution in [0.3, 0.4) is 0 Å². The van der Waals surface area contributed by atoms with Crippen LogP contribution in [0.1, 0.15) is 34.1 Å². The number of nitrogens with zero attached hydrogens (tertiary/aromatic N) is 1. The van der Waals surface area contributed by atoms with Crippen molar-refractivity contribution in [3.05, 3.63) is 59.7 Å². The number of aliphatic hydroxyl groups is 1. The molecule has 1 aromatic carbocycles. The van der Waals surface area contributed by atoms with Crippen molar-refractivity contribution in [2.24, 2.45) is 5.92 Å². The SMILES string of the molecule is CC[C@@H]1C=CC=CC1(O)N1C(=O)c2ccccc2C1=O. The summed E-state index contributed by atoms with van der Waals surface area (Å²) in [5, 5.41) is 10.9. The lowest BCUT2D eigenvalue weighted by atomic mass is 9.87. The van der Waals surface area contributed by atoms with E-state index in [2.05, 4.69) is 0 Å². The summed E-state index contributed by atoms with van der Waals surface area (Å²) in [6, 6.07) is 6.65. The summed E-state index contributed by atoms with van der Waals surface area (Å²) in [6.07, 6.45) is 7.45. The zero-order valence-corrected chi connectivity index (χ0v) is 11.1. The number of allylic oxidation sites excluding steroid dienone is 2. The third kappa shape index (κ3) is 1.58. The van der Waals surface area contributed by atoms with Crippen LogP contribution < -0.4 is 0 Å². The first-order valence-corrected chi connectivity index (χ1v) is 6.66. The van der Waals surface area contributed by atoms with Crippen molar-refractivity contribution < 1.29 is 14.7 Å². The smallest absolute Gasteiger partial charge is 0.264 e. The van der Waals surface area contributed by atoms with Crippen LogP contribution in [0.15, 0.2) is 48.6 Å². The molecular formula is C16H15NO3. The zero-order chi connectivity index (χ0) is 14.3. The molecular weight excluding hydrogens is 254 g/mol. The van der Waals surface area contributed by atoms with Gasteiger partial charge in [0, 0.05) is 5.92 Å². The molecule has 0 fully saturated rings. The highest BCUT2D eigenvalue weighted by molar-refractivity contribution is 6.21. The molecule has 2 aliphatic rings. The lowest BCUT2D eigenvalue weighted by Crippen LogP contribution is -2.55. The number of carbonyl (C=O) groups excluding carboxylic acids is 2. The molecule has 1 heterocycles. The summed E-state index contributed by atoms with van der Waals surface area (Å²) in [4.78, 5) is 25.9. The molecule has 0 saturated carbocycles. The topological polar surface area (TPSA) is 57.6 Å². The van der Waals surface area contributed by atoms with Crippen LogP contribution in [0.5, 0.6) is 0 Å². The maximum atomic E-state index is 12.5. The minimum absolute atomic E-state index is 0.297. The van der Waals surface area contributed by atoms with Gasteiger partial charge in [0.25, 0.3) is 11.8 Å². The highest BCUT2D eigenvalue weighted by atomic mass is 16.3. The van der Waals surface area contributed by atoms with Crippen molar-refractivity contribution >= 4 is 11.8 Å². The van der Waals surface area contributed by atoms with Gasteiger partial charge in [-0.25, -0.2) is 4.90 Å². The normalized spacial score (nSPS) is 28.1. The highest BCUT2D eigenvalue weighted by Crippen LogP contribution is 2.36. The van der Waals surface area contributed by atoms with Crippen LogP contribution in [0.25, 0.3) is 0 Å². The van der Waals surface area contributed by atoms with Gasteiger partial charge in [-0.15, -0.1) is 0 Å². The second kappa shape index (κ2) is 4.42. The van der Waals surface area contributed by atoms with Gasteiger partial charge in [-0.2, -0.15) is 0 Å². The van der Waals surface area contributed by atoms with E-state index in [0.29, 0.717) is 17.5 Å². The first kappa shape index (κ1) is 12.8. The van der Waals surface area contributed by atoms with Crippen molar-refractivity contribution in [1.29, 1.82) is 0 Å². The van der Waals surface area contributed by atoms with Gasteiger partial charge in [0.05, 0.1) is 11.1 Å². The molecule has 0 saturated heterocycles. The summed E-state index contributed by atoms with van der Waals surface area (Å²) >= 11 is 0. The number of hydrogen-bond acceptors (Lipinski definition) is 3. The quantitative estimate of drug-likeness (QED) is 0.837. The van der Waals surface area contributed by atoms with Gasteiger partial charge in [0.1, 0.15) is 0 Å². The summed E-state index contributed by atoms with van der Waals surface area (Å²) in [6.45, 7) is 1.91. The molecule has 0 aromatic heterocycles. The molecule has 1 aromatic rings. The second-order valence-corrected chi connectivity index (χ2v) is 5.03. The number of amides is 2. The standard InChI is InChI=1S/C16H15NO3/c1-2-11-7-5-6-10-16(11,20)17-14(18)12-8-3-4-9-13(12)15(17)19/h3-11,20H,2H2,1H3/t11-,16?/m1/s1. The van der Waals surface area contributed by atoms with Gasteiger partial charge in [0.15, 0.2) is 5.72 Å². The van der Waals surface area contributed by atoms with Gasteiger partial charge in [-0.3, -0.25) is 9.59 Å². The van der Waals surface area contributed by atoms with Crippen LogP contribution in [-0.4, -0.2) is 27.5 Å². The lowest BCUT2D eigenvalue weighted by molar-refractivity contribution is -0.0616. The Bertz CT molecular complexity index is 612. The molecule has 2 atom stereocenters. The Hall–Kier alpha value is -2.20. The Labute approximate surface area is 117 Å². The molecule has 1 aliphatic heterocycles. The molecule has 1 aliphatic carbocycles. The van der Waals surface area contributed by atoms with Crippen LogP contribution in [0.4, 0.5) is 0 Å². The fraction of sp³-hybridized carbons (Fsp3) is 0.250. The van der Waals surface area contributed by atoms with Gasteiger partial charge in [0.2, 0.25) is 0 Å². The fourth-order valence-corrected chi connectivity index (χ4v) is 2.85. The van der Waals surface area contributed by atoms with E-state index in [0.717, 1.165) is 4.90 Å². The van der Waals surface area contributed by atoms with Crippen molar-refractivity contribution in [2.75, 3.05) is 0 Å². The average molecular weight is 269 g/mol. The van der Waals surface area contributed by atoms with Crippen molar-refractivity contribution in [3.8, 4) is 0 Å². The molecule has 0 spiro atoms. The first-order chi connectivity index (χ1) is 9.59. The van der Waals surface area contributed by atoms with Gasteiger partial charge in [-0.1, -0.05) is 37.3 Å². The van der Waals surface area contributed by atoms with Crippen LogP contribution in [0, 0.1) is 5.92 Å². The predicted molar refractivity (Wildman–Crippen MR) is 74.0 cm³/mol. The monoisotopic (exact) mass is 269 g/mol. The molecule has 4 heteroatoms. The minimum atomic E-state index is -1.59. The van der Waals surface area contributed by atoms with E-state index >= 15 is 0 Å². The molecule has 2 amide bonds. The number of rotatable bonds is 2. The average Bonchev–Trinajstić information content (AvgIpc) is 2.72. The number of carbonyl (C=O) groups is 2. The van der Waals surface area contributed by atoms with Crippen molar-refractivity contribution in [3.63, 3.8) is 0 Å². The molecule has 102 valence electrons. The summed E-state index contributed by atoms with van der Waals surface area (Å²) in [5.41, 5.74) is -0.885. The van der Waals surface area contributed by atoms with Crippen molar-refractivity contribution in [1.82, 2.24) is 4.90 Å². The van der Waals surface area contributed by atoms with E-state index < -0.39 is 17.5 Å². The van der Waals surface area contributed by atoms with E-state index in [-0.39, 0.29) is 5.92 Å². The van der Waals surface area contributed by atoms with Crippen LogP contribution in [0.2, 0.25) is 0 Å². The number of benzene rings is 1. The minimum Gasteiger partial charge on any atom is -0.366 e. The van der Waals surface area contributed by atoms with E-state index in [4.69, 9.17) is 0 Å². The molecule has 1 N–H and O–H groups in total. The lowest BCUT2D eigenvalue weighted by Gasteiger charge is -2.39. The second-order valence-electron chi connectivity index (χ2n) is 5.03. The van der Waals surface area contributed by atoms with Crippen LogP contribution >= 0.6 is 0 Å². The fourth-order valence-electron chi connectivity index (χ4n) is 2.85. The molecule has 4 nitrogen and oxygen atoms in total. The predicted octanol–water partition coefficient (Wildman–Crippen LogP) is 2.12.